The molecule has 3 rings (SSSR count). The summed E-state index contributed by atoms with van der Waals surface area (Å²) in [7, 11) is 1.94. The average molecular weight is 288 g/mol. The fourth-order valence-corrected chi connectivity index (χ4v) is 3.66. The molecule has 1 saturated carbocycles. The van der Waals surface area contributed by atoms with Crippen LogP contribution in [0.4, 0.5) is 5.82 Å². The number of fused-ring (bicyclic) bond motifs is 1. The molecular weight excluding hydrogens is 264 g/mol. The van der Waals surface area contributed by atoms with Gasteiger partial charge in [-0.25, -0.2) is 4.98 Å². The molecule has 0 atom stereocenters. The standard InChI is InChI=1S/C16H24N4O/c1-20(10-16(21)7-2-3-8-16)15-12(14(17)18)9-11-5-4-6-13(11)19-15/h9,21H,2-8,10H2,1H3,(H3,17,18). The Morgan fingerprint density at radius 3 is 2.76 bits per heavy atom. The van der Waals surface area contributed by atoms with Crippen LogP contribution in [0, 0.1) is 5.41 Å². The number of nitrogens with two attached hydrogens (primary N) is 1. The molecule has 0 spiro atoms. The lowest BCUT2D eigenvalue weighted by atomic mass is 10.0. The maximum atomic E-state index is 10.6. The number of hydrogen-bond acceptors (Lipinski definition) is 4. The van der Waals surface area contributed by atoms with Gasteiger partial charge in [0.2, 0.25) is 0 Å². The summed E-state index contributed by atoms with van der Waals surface area (Å²) in [5, 5.41) is 18.4. The van der Waals surface area contributed by atoms with Gasteiger partial charge < -0.3 is 15.7 Å². The summed E-state index contributed by atoms with van der Waals surface area (Å²) in [5.74, 6) is 0.793. The SMILES string of the molecule is CN(CC1(O)CCCC1)c1nc2c(cc1C(=N)N)CCC2. The predicted octanol–water partition coefficient (Wildman–Crippen LogP) is 1.60. The third kappa shape index (κ3) is 2.75. The lowest BCUT2D eigenvalue weighted by Gasteiger charge is -2.30. The highest BCUT2D eigenvalue weighted by atomic mass is 16.3. The molecule has 1 fully saturated rings. The Labute approximate surface area is 125 Å². The number of aryl methyl sites for hydroxylation is 2. The second-order valence-electron chi connectivity index (χ2n) is 6.52. The van der Waals surface area contributed by atoms with Crippen molar-refractivity contribution in [3.63, 3.8) is 0 Å². The van der Waals surface area contributed by atoms with Crippen molar-refractivity contribution in [2.75, 3.05) is 18.5 Å². The molecule has 2 aliphatic rings. The summed E-state index contributed by atoms with van der Waals surface area (Å²) in [6, 6.07) is 2.02. The lowest BCUT2D eigenvalue weighted by molar-refractivity contribution is 0.0558. The van der Waals surface area contributed by atoms with E-state index in [1.807, 2.05) is 18.0 Å². The van der Waals surface area contributed by atoms with Crippen molar-refractivity contribution in [1.82, 2.24) is 4.98 Å². The number of rotatable bonds is 4. The zero-order valence-electron chi connectivity index (χ0n) is 12.7. The Balaban J connectivity index is 1.91. The van der Waals surface area contributed by atoms with E-state index in [4.69, 9.17) is 16.1 Å². The van der Waals surface area contributed by atoms with Gasteiger partial charge in [0, 0.05) is 19.3 Å². The van der Waals surface area contributed by atoms with Gasteiger partial charge in [-0.15, -0.1) is 0 Å². The summed E-state index contributed by atoms with van der Waals surface area (Å²) >= 11 is 0. The minimum atomic E-state index is -0.622. The molecule has 4 N–H and O–H groups in total. The van der Waals surface area contributed by atoms with E-state index < -0.39 is 5.60 Å². The van der Waals surface area contributed by atoms with Gasteiger partial charge in [-0.3, -0.25) is 5.41 Å². The van der Waals surface area contributed by atoms with Crippen LogP contribution < -0.4 is 10.6 Å². The number of anilines is 1. The molecule has 0 unspecified atom stereocenters. The highest BCUT2D eigenvalue weighted by Gasteiger charge is 2.33. The fraction of sp³-hybridized carbons (Fsp3) is 0.625. The van der Waals surface area contributed by atoms with Crippen LogP contribution in [-0.4, -0.2) is 35.1 Å². The van der Waals surface area contributed by atoms with E-state index in [2.05, 4.69) is 0 Å². The van der Waals surface area contributed by atoms with Crippen LogP contribution in [0.15, 0.2) is 6.07 Å². The number of hydrogen-bond donors (Lipinski definition) is 3. The lowest BCUT2D eigenvalue weighted by Crippen LogP contribution is -2.40. The minimum Gasteiger partial charge on any atom is -0.388 e. The summed E-state index contributed by atoms with van der Waals surface area (Å²) < 4.78 is 0. The van der Waals surface area contributed by atoms with Gasteiger partial charge in [-0.05, 0) is 43.7 Å². The van der Waals surface area contributed by atoms with Crippen molar-refractivity contribution >= 4 is 11.7 Å². The van der Waals surface area contributed by atoms with Gasteiger partial charge in [-0.1, -0.05) is 12.8 Å². The fourth-order valence-electron chi connectivity index (χ4n) is 3.66. The summed E-state index contributed by atoms with van der Waals surface area (Å²) in [6.07, 6.45) is 7.00. The molecule has 21 heavy (non-hydrogen) atoms. The number of amidine groups is 1. The van der Waals surface area contributed by atoms with Crippen molar-refractivity contribution in [2.24, 2.45) is 5.73 Å². The molecule has 0 aliphatic heterocycles. The van der Waals surface area contributed by atoms with Crippen LogP contribution in [0.3, 0.4) is 0 Å². The molecule has 0 radical (unpaired) electrons. The third-order valence-electron chi connectivity index (χ3n) is 4.75. The first kappa shape index (κ1) is 14.3. The van der Waals surface area contributed by atoms with Crippen LogP contribution in [0.2, 0.25) is 0 Å². The first-order valence-electron chi connectivity index (χ1n) is 7.79. The Kier molecular flexibility index (Phi) is 3.61. The maximum absolute atomic E-state index is 10.6. The Bertz CT molecular complexity index is 564. The Morgan fingerprint density at radius 2 is 2.10 bits per heavy atom. The number of nitrogens with zero attached hydrogens (tertiary/aromatic N) is 2. The summed E-state index contributed by atoms with van der Waals surface area (Å²) in [5.41, 5.74) is 8.16. The molecular formula is C16H24N4O. The van der Waals surface area contributed by atoms with Gasteiger partial charge in [0.1, 0.15) is 11.7 Å². The van der Waals surface area contributed by atoms with Crippen molar-refractivity contribution in [3.05, 3.63) is 22.9 Å². The van der Waals surface area contributed by atoms with Crippen LogP contribution in [0.25, 0.3) is 0 Å². The molecule has 1 aromatic heterocycles. The van der Waals surface area contributed by atoms with E-state index >= 15 is 0 Å². The van der Waals surface area contributed by atoms with Crippen molar-refractivity contribution < 1.29 is 5.11 Å². The molecule has 5 nitrogen and oxygen atoms in total. The molecule has 1 aromatic rings. The number of nitrogens with one attached hydrogen (secondary N) is 1. The van der Waals surface area contributed by atoms with E-state index in [0.717, 1.165) is 56.5 Å². The number of likely N-dealkylation sites (N-methyl/N-ethyl adjacent to an activating group) is 1. The van der Waals surface area contributed by atoms with Gasteiger partial charge in [0.05, 0.1) is 11.2 Å². The number of aromatic nitrogens is 1. The van der Waals surface area contributed by atoms with Crippen molar-refractivity contribution in [2.45, 2.75) is 50.5 Å². The van der Waals surface area contributed by atoms with E-state index in [0.29, 0.717) is 12.1 Å². The summed E-state index contributed by atoms with van der Waals surface area (Å²) in [6.45, 7) is 0.555. The quantitative estimate of drug-likeness (QED) is 0.580. The molecule has 114 valence electrons. The molecule has 0 aromatic carbocycles. The van der Waals surface area contributed by atoms with E-state index in [1.165, 1.54) is 5.56 Å². The molecule has 0 bridgehead atoms. The normalized spacial score (nSPS) is 19.5. The highest BCUT2D eigenvalue weighted by Crippen LogP contribution is 2.32. The predicted molar refractivity (Wildman–Crippen MR) is 84.0 cm³/mol. The van der Waals surface area contributed by atoms with Crippen LogP contribution in [-0.2, 0) is 12.8 Å². The molecule has 0 amide bonds. The monoisotopic (exact) mass is 288 g/mol. The maximum Gasteiger partial charge on any atom is 0.139 e. The Morgan fingerprint density at radius 1 is 1.38 bits per heavy atom. The number of pyridine rings is 1. The molecule has 2 aliphatic carbocycles. The zero-order chi connectivity index (χ0) is 15.0. The molecule has 5 heteroatoms. The van der Waals surface area contributed by atoms with Crippen LogP contribution in [0.5, 0.6) is 0 Å². The van der Waals surface area contributed by atoms with Gasteiger partial charge in [-0.2, -0.15) is 0 Å². The van der Waals surface area contributed by atoms with Gasteiger partial charge >= 0.3 is 0 Å². The zero-order valence-corrected chi connectivity index (χ0v) is 12.7. The second kappa shape index (κ2) is 5.30. The highest BCUT2D eigenvalue weighted by molar-refractivity contribution is 5.99. The summed E-state index contributed by atoms with van der Waals surface area (Å²) in [4.78, 5) is 6.71. The Hall–Kier alpha value is -1.62. The largest absolute Gasteiger partial charge is 0.388 e. The first-order chi connectivity index (χ1) is 9.98. The minimum absolute atomic E-state index is 0.0532. The van der Waals surface area contributed by atoms with Gasteiger partial charge in [0.25, 0.3) is 0 Å². The smallest absolute Gasteiger partial charge is 0.139 e. The average Bonchev–Trinajstić information content (AvgIpc) is 3.05. The van der Waals surface area contributed by atoms with E-state index in [1.54, 1.807) is 0 Å². The molecule has 0 saturated heterocycles. The topological polar surface area (TPSA) is 86.2 Å². The number of nitrogen functional groups attached to an aromatic ring is 1. The molecule has 1 heterocycles. The van der Waals surface area contributed by atoms with Crippen LogP contribution >= 0.6 is 0 Å². The van der Waals surface area contributed by atoms with Crippen molar-refractivity contribution in [1.29, 1.82) is 5.41 Å². The van der Waals surface area contributed by atoms with E-state index in [-0.39, 0.29) is 5.84 Å². The second-order valence-corrected chi connectivity index (χ2v) is 6.52. The third-order valence-corrected chi connectivity index (χ3v) is 4.75. The number of aliphatic hydroxyl groups is 1. The first-order valence-corrected chi connectivity index (χ1v) is 7.79. The van der Waals surface area contributed by atoms with E-state index in [9.17, 15) is 5.11 Å². The van der Waals surface area contributed by atoms with Gasteiger partial charge in [0.15, 0.2) is 0 Å². The van der Waals surface area contributed by atoms with Crippen molar-refractivity contribution in [3.8, 4) is 0 Å². The van der Waals surface area contributed by atoms with Crippen LogP contribution in [0.1, 0.15) is 48.9 Å².